The number of fused-ring (bicyclic) bond motifs is 1. The van der Waals surface area contributed by atoms with E-state index < -0.39 is 0 Å². The van der Waals surface area contributed by atoms with Crippen molar-refractivity contribution in [1.82, 2.24) is 10.2 Å². The van der Waals surface area contributed by atoms with E-state index in [1.807, 2.05) is 0 Å². The highest BCUT2D eigenvalue weighted by Gasteiger charge is 2.50. The molecule has 0 saturated carbocycles. The molecule has 1 aromatic carbocycles. The predicted molar refractivity (Wildman–Crippen MR) is 89.5 cm³/mol. The summed E-state index contributed by atoms with van der Waals surface area (Å²) in [7, 11) is 0. The topological polar surface area (TPSA) is 15.3 Å². The average molecular weight is 286 g/mol. The predicted octanol–water partition coefficient (Wildman–Crippen LogP) is 3.63. The Morgan fingerprint density at radius 2 is 1.95 bits per heavy atom. The van der Waals surface area contributed by atoms with E-state index >= 15 is 0 Å². The van der Waals surface area contributed by atoms with Crippen molar-refractivity contribution in [2.24, 2.45) is 11.8 Å². The van der Waals surface area contributed by atoms with Crippen LogP contribution in [0.2, 0.25) is 0 Å². The minimum atomic E-state index is 0.301. The van der Waals surface area contributed by atoms with Crippen LogP contribution in [0.3, 0.4) is 0 Å². The maximum atomic E-state index is 3.57. The fourth-order valence-electron chi connectivity index (χ4n) is 4.54. The lowest BCUT2D eigenvalue weighted by atomic mass is 9.84. The molecule has 2 aliphatic heterocycles. The highest BCUT2D eigenvalue weighted by Crippen LogP contribution is 2.44. The normalized spacial score (nSPS) is 29.5. The van der Waals surface area contributed by atoms with Gasteiger partial charge in [0.05, 0.1) is 0 Å². The SMILES string of the molecule is CCCc1ccc(C(C)N2CC3CNCC3C2(C)C)cc1. The first-order valence-electron chi connectivity index (χ1n) is 8.60. The molecule has 116 valence electrons. The highest BCUT2D eigenvalue weighted by atomic mass is 15.3. The summed E-state index contributed by atoms with van der Waals surface area (Å²) in [5.41, 5.74) is 3.24. The van der Waals surface area contributed by atoms with Crippen molar-refractivity contribution in [3.8, 4) is 0 Å². The van der Waals surface area contributed by atoms with Crippen molar-refractivity contribution in [2.75, 3.05) is 19.6 Å². The van der Waals surface area contributed by atoms with Crippen LogP contribution in [-0.2, 0) is 6.42 Å². The first-order valence-corrected chi connectivity index (χ1v) is 8.60. The van der Waals surface area contributed by atoms with Crippen molar-refractivity contribution >= 4 is 0 Å². The molecule has 21 heavy (non-hydrogen) atoms. The van der Waals surface area contributed by atoms with Crippen LogP contribution >= 0.6 is 0 Å². The quantitative estimate of drug-likeness (QED) is 0.909. The standard InChI is InChI=1S/C19H30N2/c1-5-6-15-7-9-16(10-8-15)14(2)21-13-17-11-20-12-18(17)19(21,3)4/h7-10,14,17-18,20H,5-6,11-13H2,1-4H3. The third-order valence-electron chi connectivity index (χ3n) is 5.89. The van der Waals surface area contributed by atoms with Gasteiger partial charge < -0.3 is 5.32 Å². The smallest absolute Gasteiger partial charge is 0.0325 e. The van der Waals surface area contributed by atoms with Crippen molar-refractivity contribution in [1.29, 1.82) is 0 Å². The molecule has 0 aliphatic carbocycles. The van der Waals surface area contributed by atoms with E-state index in [9.17, 15) is 0 Å². The number of aryl methyl sites for hydroxylation is 1. The molecule has 0 spiro atoms. The molecule has 3 rings (SSSR count). The van der Waals surface area contributed by atoms with Crippen LogP contribution in [0, 0.1) is 11.8 Å². The van der Waals surface area contributed by atoms with Crippen molar-refractivity contribution in [2.45, 2.75) is 52.1 Å². The molecular formula is C19H30N2. The molecule has 0 bridgehead atoms. The maximum Gasteiger partial charge on any atom is 0.0325 e. The average Bonchev–Trinajstić information content (AvgIpc) is 3.02. The van der Waals surface area contributed by atoms with Crippen LogP contribution in [0.4, 0.5) is 0 Å². The number of nitrogens with zero attached hydrogens (tertiary/aromatic N) is 1. The largest absolute Gasteiger partial charge is 0.316 e. The van der Waals surface area contributed by atoms with Gasteiger partial charge in [0.2, 0.25) is 0 Å². The zero-order chi connectivity index (χ0) is 15.0. The minimum absolute atomic E-state index is 0.301. The number of hydrogen-bond donors (Lipinski definition) is 1. The van der Waals surface area contributed by atoms with E-state index in [-0.39, 0.29) is 0 Å². The van der Waals surface area contributed by atoms with E-state index in [0.717, 1.165) is 11.8 Å². The monoisotopic (exact) mass is 286 g/mol. The summed E-state index contributed by atoms with van der Waals surface area (Å²) in [6.45, 7) is 13.1. The Morgan fingerprint density at radius 1 is 1.24 bits per heavy atom. The maximum absolute atomic E-state index is 3.57. The van der Waals surface area contributed by atoms with Crippen molar-refractivity contribution in [3.63, 3.8) is 0 Å². The lowest BCUT2D eigenvalue weighted by Gasteiger charge is -2.40. The summed E-state index contributed by atoms with van der Waals surface area (Å²) in [5, 5.41) is 3.57. The lowest BCUT2D eigenvalue weighted by Crippen LogP contribution is -2.45. The third-order valence-corrected chi connectivity index (χ3v) is 5.89. The minimum Gasteiger partial charge on any atom is -0.316 e. The molecule has 2 nitrogen and oxygen atoms in total. The summed E-state index contributed by atoms with van der Waals surface area (Å²) in [5.74, 6) is 1.64. The number of hydrogen-bond acceptors (Lipinski definition) is 2. The van der Waals surface area contributed by atoms with Crippen LogP contribution in [-0.4, -0.2) is 30.1 Å². The van der Waals surface area contributed by atoms with Gasteiger partial charge in [0, 0.05) is 24.7 Å². The molecule has 2 heterocycles. The lowest BCUT2D eigenvalue weighted by molar-refractivity contribution is 0.0970. The van der Waals surface area contributed by atoms with Crippen molar-refractivity contribution in [3.05, 3.63) is 35.4 Å². The molecule has 1 N–H and O–H groups in total. The van der Waals surface area contributed by atoms with Crippen LogP contribution in [0.15, 0.2) is 24.3 Å². The Hall–Kier alpha value is -0.860. The van der Waals surface area contributed by atoms with Gasteiger partial charge in [-0.2, -0.15) is 0 Å². The van der Waals surface area contributed by atoms with Gasteiger partial charge in [0.15, 0.2) is 0 Å². The Balaban J connectivity index is 1.77. The first kappa shape index (κ1) is 15.1. The first-order chi connectivity index (χ1) is 10.0. The van der Waals surface area contributed by atoms with E-state index in [0.29, 0.717) is 11.6 Å². The molecule has 2 fully saturated rings. The van der Waals surface area contributed by atoms with E-state index in [1.165, 1.54) is 43.6 Å². The second-order valence-electron chi connectivity index (χ2n) is 7.50. The fraction of sp³-hybridized carbons (Fsp3) is 0.684. The zero-order valence-corrected chi connectivity index (χ0v) is 14.0. The third kappa shape index (κ3) is 2.64. The van der Waals surface area contributed by atoms with Gasteiger partial charge in [0.1, 0.15) is 0 Å². The Bertz CT molecular complexity index is 477. The summed E-state index contributed by atoms with van der Waals surface area (Å²) in [4.78, 5) is 2.73. The van der Waals surface area contributed by atoms with Crippen LogP contribution in [0.1, 0.15) is 51.3 Å². The molecule has 0 amide bonds. The molecule has 3 atom stereocenters. The van der Waals surface area contributed by atoms with Gasteiger partial charge in [-0.1, -0.05) is 37.6 Å². The summed E-state index contributed by atoms with van der Waals surface area (Å²) >= 11 is 0. The highest BCUT2D eigenvalue weighted by molar-refractivity contribution is 5.26. The van der Waals surface area contributed by atoms with Crippen LogP contribution in [0.25, 0.3) is 0 Å². The van der Waals surface area contributed by atoms with Gasteiger partial charge >= 0.3 is 0 Å². The number of rotatable bonds is 4. The summed E-state index contributed by atoms with van der Waals surface area (Å²) < 4.78 is 0. The second kappa shape index (κ2) is 5.73. The van der Waals surface area contributed by atoms with Gasteiger partial charge in [-0.15, -0.1) is 0 Å². The molecule has 1 aromatic rings. The number of likely N-dealkylation sites (tertiary alicyclic amines) is 1. The number of benzene rings is 1. The van der Waals surface area contributed by atoms with Gasteiger partial charge in [-0.3, -0.25) is 4.90 Å². The molecule has 0 radical (unpaired) electrons. The van der Waals surface area contributed by atoms with E-state index in [2.05, 4.69) is 62.2 Å². The molecule has 0 aromatic heterocycles. The van der Waals surface area contributed by atoms with Crippen LogP contribution in [0.5, 0.6) is 0 Å². The molecular weight excluding hydrogens is 256 g/mol. The van der Waals surface area contributed by atoms with E-state index in [4.69, 9.17) is 0 Å². The van der Waals surface area contributed by atoms with E-state index in [1.54, 1.807) is 0 Å². The summed E-state index contributed by atoms with van der Waals surface area (Å²) in [6.07, 6.45) is 2.42. The molecule has 2 aliphatic rings. The second-order valence-corrected chi connectivity index (χ2v) is 7.50. The number of nitrogens with one attached hydrogen (secondary N) is 1. The molecule has 2 heteroatoms. The molecule has 2 saturated heterocycles. The van der Waals surface area contributed by atoms with Crippen molar-refractivity contribution < 1.29 is 0 Å². The zero-order valence-electron chi connectivity index (χ0n) is 14.0. The Morgan fingerprint density at radius 3 is 2.57 bits per heavy atom. The van der Waals surface area contributed by atoms with Crippen LogP contribution < -0.4 is 5.32 Å². The fourth-order valence-corrected chi connectivity index (χ4v) is 4.54. The molecule has 3 unspecified atom stereocenters. The summed E-state index contributed by atoms with van der Waals surface area (Å²) in [6, 6.07) is 9.85. The van der Waals surface area contributed by atoms with Gasteiger partial charge in [0.25, 0.3) is 0 Å². The Kier molecular flexibility index (Phi) is 4.11. The van der Waals surface area contributed by atoms with Gasteiger partial charge in [-0.05, 0) is 56.7 Å². The Labute approximate surface area is 129 Å². The van der Waals surface area contributed by atoms with Gasteiger partial charge in [-0.25, -0.2) is 0 Å².